The van der Waals surface area contributed by atoms with Gasteiger partial charge in [0.1, 0.15) is 0 Å². The quantitative estimate of drug-likeness (QED) is 0.864. The minimum Gasteiger partial charge on any atom is -0.472 e. The number of rotatable bonds is 4. The first-order valence-corrected chi connectivity index (χ1v) is 5.80. The van der Waals surface area contributed by atoms with E-state index in [0.29, 0.717) is 6.04 Å². The lowest BCUT2D eigenvalue weighted by Crippen LogP contribution is -2.17. The van der Waals surface area contributed by atoms with Crippen LogP contribution in [0.1, 0.15) is 29.1 Å². The average molecular weight is 222 g/mol. The summed E-state index contributed by atoms with van der Waals surface area (Å²) in [5, 5.41) is 3.44. The second-order valence-electron chi connectivity index (χ2n) is 3.52. The van der Waals surface area contributed by atoms with Crippen molar-refractivity contribution in [2.75, 3.05) is 0 Å². The van der Waals surface area contributed by atoms with Crippen molar-refractivity contribution in [2.45, 2.75) is 26.4 Å². The van der Waals surface area contributed by atoms with Crippen LogP contribution >= 0.6 is 11.3 Å². The number of nitrogens with one attached hydrogen (secondary N) is 1. The Balaban J connectivity index is 1.91. The third kappa shape index (κ3) is 2.46. The summed E-state index contributed by atoms with van der Waals surface area (Å²) in [4.78, 5) is 5.51. The second kappa shape index (κ2) is 4.59. The van der Waals surface area contributed by atoms with Gasteiger partial charge in [-0.3, -0.25) is 0 Å². The molecule has 80 valence electrons. The third-order valence-electron chi connectivity index (χ3n) is 2.46. The maximum Gasteiger partial charge on any atom is 0.0950 e. The van der Waals surface area contributed by atoms with E-state index in [1.807, 2.05) is 18.5 Å². The molecule has 0 aromatic carbocycles. The van der Waals surface area contributed by atoms with Crippen LogP contribution in [0.5, 0.6) is 0 Å². The topological polar surface area (TPSA) is 38.1 Å². The van der Waals surface area contributed by atoms with Crippen molar-refractivity contribution in [3.05, 3.63) is 40.2 Å². The molecule has 0 aliphatic heterocycles. The molecule has 2 rings (SSSR count). The van der Waals surface area contributed by atoms with E-state index in [9.17, 15) is 0 Å². The molecule has 1 atom stereocenters. The molecule has 1 N–H and O–H groups in total. The van der Waals surface area contributed by atoms with Gasteiger partial charge in [-0.25, -0.2) is 4.98 Å². The Hall–Kier alpha value is -1.13. The predicted octanol–water partition coefficient (Wildman–Crippen LogP) is 2.90. The molecule has 2 aromatic rings. The van der Waals surface area contributed by atoms with Gasteiger partial charge in [-0.15, -0.1) is 11.3 Å². The standard InChI is InChI=1S/C11H14N2OS/c1-8(10-3-4-14-6-10)12-5-11-9(2)13-7-15-11/h3-4,6-8,12H,5H2,1-2H3. The number of aryl methyl sites for hydroxylation is 1. The lowest BCUT2D eigenvalue weighted by atomic mass is 10.2. The molecule has 0 aliphatic rings. The largest absolute Gasteiger partial charge is 0.472 e. The van der Waals surface area contributed by atoms with Crippen LogP contribution in [0, 0.1) is 6.92 Å². The van der Waals surface area contributed by atoms with Gasteiger partial charge in [-0.05, 0) is 19.9 Å². The minimum absolute atomic E-state index is 0.310. The molecule has 0 saturated carbocycles. The summed E-state index contributed by atoms with van der Waals surface area (Å²) < 4.78 is 5.05. The molecular weight excluding hydrogens is 208 g/mol. The Bertz CT molecular complexity index is 408. The Kier molecular flexibility index (Phi) is 3.18. The fraction of sp³-hybridized carbons (Fsp3) is 0.364. The number of hydrogen-bond donors (Lipinski definition) is 1. The molecule has 3 nitrogen and oxygen atoms in total. The number of furan rings is 1. The first-order chi connectivity index (χ1) is 7.27. The first kappa shape index (κ1) is 10.4. The smallest absolute Gasteiger partial charge is 0.0950 e. The van der Waals surface area contributed by atoms with E-state index in [0.717, 1.165) is 12.2 Å². The van der Waals surface area contributed by atoms with Crippen molar-refractivity contribution in [1.29, 1.82) is 0 Å². The van der Waals surface area contributed by atoms with Crippen LogP contribution < -0.4 is 5.32 Å². The Morgan fingerprint density at radius 3 is 3.07 bits per heavy atom. The van der Waals surface area contributed by atoms with Crippen molar-refractivity contribution in [3.63, 3.8) is 0 Å². The molecule has 0 aliphatic carbocycles. The van der Waals surface area contributed by atoms with Crippen LogP contribution in [0.2, 0.25) is 0 Å². The normalized spacial score (nSPS) is 12.9. The summed E-state index contributed by atoms with van der Waals surface area (Å²) >= 11 is 1.69. The summed E-state index contributed by atoms with van der Waals surface area (Å²) in [5.74, 6) is 0. The van der Waals surface area contributed by atoms with Gasteiger partial charge < -0.3 is 9.73 Å². The van der Waals surface area contributed by atoms with Crippen LogP contribution in [0.4, 0.5) is 0 Å². The predicted molar refractivity (Wildman–Crippen MR) is 60.8 cm³/mol. The van der Waals surface area contributed by atoms with E-state index in [2.05, 4.69) is 17.2 Å². The van der Waals surface area contributed by atoms with Crippen molar-refractivity contribution >= 4 is 11.3 Å². The number of thiazole rings is 1. The third-order valence-corrected chi connectivity index (χ3v) is 3.39. The number of hydrogen-bond acceptors (Lipinski definition) is 4. The van der Waals surface area contributed by atoms with Crippen LogP contribution in [-0.2, 0) is 6.54 Å². The lowest BCUT2D eigenvalue weighted by molar-refractivity contribution is 0.539. The highest BCUT2D eigenvalue weighted by Gasteiger charge is 2.07. The van der Waals surface area contributed by atoms with Crippen molar-refractivity contribution < 1.29 is 4.42 Å². The van der Waals surface area contributed by atoms with Crippen LogP contribution in [-0.4, -0.2) is 4.98 Å². The van der Waals surface area contributed by atoms with Gasteiger partial charge in [-0.2, -0.15) is 0 Å². The molecule has 4 heteroatoms. The minimum atomic E-state index is 0.310. The molecule has 0 spiro atoms. The van der Waals surface area contributed by atoms with Crippen molar-refractivity contribution in [3.8, 4) is 0 Å². The van der Waals surface area contributed by atoms with Crippen LogP contribution in [0.15, 0.2) is 28.5 Å². The Labute approximate surface area is 93.2 Å². The van der Waals surface area contributed by atoms with E-state index in [1.165, 1.54) is 10.4 Å². The number of nitrogens with zero attached hydrogens (tertiary/aromatic N) is 1. The van der Waals surface area contributed by atoms with Crippen LogP contribution in [0.3, 0.4) is 0 Å². The SMILES string of the molecule is Cc1ncsc1CNC(C)c1ccoc1. The zero-order valence-corrected chi connectivity index (χ0v) is 9.67. The highest BCUT2D eigenvalue weighted by atomic mass is 32.1. The summed E-state index contributed by atoms with van der Waals surface area (Å²) in [6.07, 6.45) is 3.47. The average Bonchev–Trinajstić information content (AvgIpc) is 2.85. The molecular formula is C11H14N2OS. The van der Waals surface area contributed by atoms with Gasteiger partial charge in [0, 0.05) is 23.0 Å². The van der Waals surface area contributed by atoms with E-state index in [4.69, 9.17) is 4.42 Å². The molecule has 15 heavy (non-hydrogen) atoms. The summed E-state index contributed by atoms with van der Waals surface area (Å²) in [7, 11) is 0. The monoisotopic (exact) mass is 222 g/mol. The van der Waals surface area contributed by atoms with Crippen molar-refractivity contribution in [2.24, 2.45) is 0 Å². The van der Waals surface area contributed by atoms with Gasteiger partial charge in [0.05, 0.1) is 23.7 Å². The fourth-order valence-corrected chi connectivity index (χ4v) is 2.11. The van der Waals surface area contributed by atoms with Gasteiger partial charge in [0.25, 0.3) is 0 Å². The van der Waals surface area contributed by atoms with Gasteiger partial charge in [0.2, 0.25) is 0 Å². The zero-order valence-electron chi connectivity index (χ0n) is 8.86. The Morgan fingerprint density at radius 1 is 1.60 bits per heavy atom. The summed E-state index contributed by atoms with van der Waals surface area (Å²) in [6.45, 7) is 5.03. The molecule has 0 fully saturated rings. The molecule has 0 saturated heterocycles. The summed E-state index contributed by atoms with van der Waals surface area (Å²) in [5.41, 5.74) is 4.18. The maximum absolute atomic E-state index is 5.05. The maximum atomic E-state index is 5.05. The van der Waals surface area contributed by atoms with E-state index in [1.54, 1.807) is 23.9 Å². The highest BCUT2D eigenvalue weighted by molar-refractivity contribution is 7.09. The molecule has 2 heterocycles. The summed E-state index contributed by atoms with van der Waals surface area (Å²) in [6, 6.07) is 2.29. The van der Waals surface area contributed by atoms with E-state index >= 15 is 0 Å². The zero-order chi connectivity index (χ0) is 10.7. The second-order valence-corrected chi connectivity index (χ2v) is 4.46. The van der Waals surface area contributed by atoms with E-state index in [-0.39, 0.29) is 0 Å². The number of aromatic nitrogens is 1. The van der Waals surface area contributed by atoms with Crippen LogP contribution in [0.25, 0.3) is 0 Å². The molecule has 0 radical (unpaired) electrons. The van der Waals surface area contributed by atoms with E-state index < -0.39 is 0 Å². The van der Waals surface area contributed by atoms with Gasteiger partial charge in [0.15, 0.2) is 0 Å². The molecule has 1 unspecified atom stereocenters. The van der Waals surface area contributed by atoms with Gasteiger partial charge in [-0.1, -0.05) is 0 Å². The molecule has 2 aromatic heterocycles. The highest BCUT2D eigenvalue weighted by Crippen LogP contribution is 2.16. The molecule has 0 amide bonds. The van der Waals surface area contributed by atoms with Crippen molar-refractivity contribution in [1.82, 2.24) is 10.3 Å². The van der Waals surface area contributed by atoms with Gasteiger partial charge >= 0.3 is 0 Å². The first-order valence-electron chi connectivity index (χ1n) is 4.92. The fourth-order valence-electron chi connectivity index (χ4n) is 1.38. The molecule has 0 bridgehead atoms. The lowest BCUT2D eigenvalue weighted by Gasteiger charge is -2.10. The Morgan fingerprint density at radius 2 is 2.47 bits per heavy atom.